The third kappa shape index (κ3) is 4.87. The summed E-state index contributed by atoms with van der Waals surface area (Å²) in [6.07, 6.45) is -4.56. The number of aromatic nitrogens is 5. The SMILES string of the molecule is O=P(O)(O)CP(=O)(O)CC[C@H]1O[C@@H](n2cnc3c(-n4c5ccccc5c5ccccc54)nc(Cl)nc32)[C@@H](O)C1O. The molecule has 16 heteroatoms. The maximum atomic E-state index is 12.2. The molecule has 0 spiro atoms. The minimum Gasteiger partial charge on any atom is -0.388 e. The number of imidazole rings is 1. The molecule has 1 saturated heterocycles. The lowest BCUT2D eigenvalue weighted by Gasteiger charge is -2.18. The van der Waals surface area contributed by atoms with E-state index in [1.165, 1.54) is 10.9 Å². The summed E-state index contributed by atoms with van der Waals surface area (Å²) in [5, 5.41) is 23.4. The highest BCUT2D eigenvalue weighted by Crippen LogP contribution is 2.55. The van der Waals surface area contributed by atoms with Crippen molar-refractivity contribution in [3.05, 3.63) is 60.1 Å². The van der Waals surface area contributed by atoms with Gasteiger partial charge in [-0.15, -0.1) is 0 Å². The quantitative estimate of drug-likeness (QED) is 0.135. The van der Waals surface area contributed by atoms with Gasteiger partial charge in [-0.1, -0.05) is 36.4 Å². The summed E-state index contributed by atoms with van der Waals surface area (Å²) in [6.45, 7) is 0. The number of para-hydroxylation sites is 2. The fraction of sp³-hybridized carbons (Fsp3) is 0.292. The average Bonchev–Trinajstić information content (AvgIpc) is 3.53. The van der Waals surface area contributed by atoms with Crippen LogP contribution in [0.5, 0.6) is 0 Å². The van der Waals surface area contributed by atoms with E-state index in [1.54, 1.807) is 0 Å². The second kappa shape index (κ2) is 9.99. The molecule has 1 aliphatic heterocycles. The zero-order chi connectivity index (χ0) is 28.4. The molecule has 5 N–H and O–H groups in total. The lowest BCUT2D eigenvalue weighted by Crippen LogP contribution is -2.32. The zero-order valence-corrected chi connectivity index (χ0v) is 23.1. The number of nitrogens with zero attached hydrogens (tertiary/aromatic N) is 5. The summed E-state index contributed by atoms with van der Waals surface area (Å²) in [5.41, 5.74) is 2.31. The van der Waals surface area contributed by atoms with Gasteiger partial charge in [0.1, 0.15) is 18.1 Å². The van der Waals surface area contributed by atoms with Crippen molar-refractivity contribution < 1.29 is 38.8 Å². The highest BCUT2D eigenvalue weighted by molar-refractivity contribution is 7.72. The van der Waals surface area contributed by atoms with Crippen LogP contribution in [0.1, 0.15) is 12.6 Å². The van der Waals surface area contributed by atoms with Crippen LogP contribution in [0.4, 0.5) is 0 Å². The monoisotopic (exact) mass is 607 g/mol. The second-order valence-electron chi connectivity index (χ2n) is 9.72. The van der Waals surface area contributed by atoms with Gasteiger partial charge in [0.2, 0.25) is 12.7 Å². The van der Waals surface area contributed by atoms with Crippen LogP contribution in [-0.2, 0) is 13.9 Å². The van der Waals surface area contributed by atoms with Crippen LogP contribution in [0.25, 0.3) is 38.8 Å². The second-order valence-corrected chi connectivity index (χ2v) is 14.7. The molecular weight excluding hydrogens is 584 g/mol. The Morgan fingerprint density at radius 2 is 1.55 bits per heavy atom. The van der Waals surface area contributed by atoms with Crippen molar-refractivity contribution in [1.29, 1.82) is 0 Å². The Bertz CT molecular complexity index is 1800. The van der Waals surface area contributed by atoms with Gasteiger partial charge in [-0.3, -0.25) is 18.3 Å². The van der Waals surface area contributed by atoms with E-state index in [0.29, 0.717) is 11.3 Å². The van der Waals surface area contributed by atoms with Crippen LogP contribution in [-0.4, -0.2) is 79.4 Å². The number of fused-ring (bicyclic) bond motifs is 4. The summed E-state index contributed by atoms with van der Waals surface area (Å²) < 4.78 is 32.6. The van der Waals surface area contributed by atoms with Gasteiger partial charge in [-0.2, -0.15) is 9.97 Å². The highest BCUT2D eigenvalue weighted by atomic mass is 35.5. The first-order valence-corrected chi connectivity index (χ1v) is 16.4. The molecule has 4 heterocycles. The molecule has 6 rings (SSSR count). The number of benzene rings is 2. The fourth-order valence-electron chi connectivity index (χ4n) is 5.25. The van der Waals surface area contributed by atoms with Crippen molar-refractivity contribution in [3.8, 4) is 5.82 Å². The Kier molecular flexibility index (Phi) is 6.86. The van der Waals surface area contributed by atoms with Crippen molar-refractivity contribution in [1.82, 2.24) is 24.1 Å². The van der Waals surface area contributed by atoms with Crippen LogP contribution in [0.2, 0.25) is 5.28 Å². The van der Waals surface area contributed by atoms with Gasteiger partial charge < -0.3 is 29.6 Å². The van der Waals surface area contributed by atoms with Crippen LogP contribution in [0.15, 0.2) is 54.9 Å². The van der Waals surface area contributed by atoms with Crippen LogP contribution in [0, 0.1) is 0 Å². The summed E-state index contributed by atoms with van der Waals surface area (Å²) >= 11 is 6.37. The molecule has 13 nitrogen and oxygen atoms in total. The van der Waals surface area contributed by atoms with E-state index in [1.807, 2.05) is 53.1 Å². The molecule has 0 aliphatic carbocycles. The molecule has 0 saturated carbocycles. The highest BCUT2D eigenvalue weighted by Gasteiger charge is 2.45. The van der Waals surface area contributed by atoms with E-state index in [0.717, 1.165) is 21.8 Å². The maximum Gasteiger partial charge on any atom is 0.335 e. The van der Waals surface area contributed by atoms with Gasteiger partial charge in [-0.05, 0) is 30.2 Å². The number of aliphatic hydroxyl groups is 2. The zero-order valence-electron chi connectivity index (χ0n) is 20.6. The lowest BCUT2D eigenvalue weighted by atomic mass is 10.1. The maximum absolute atomic E-state index is 12.2. The van der Waals surface area contributed by atoms with Gasteiger partial charge in [0.25, 0.3) is 0 Å². The molecule has 0 bridgehead atoms. The van der Waals surface area contributed by atoms with E-state index >= 15 is 0 Å². The van der Waals surface area contributed by atoms with Gasteiger partial charge >= 0.3 is 7.60 Å². The molecule has 2 unspecified atom stereocenters. The minimum absolute atomic E-state index is 0.0886. The molecule has 5 aromatic rings. The van der Waals surface area contributed by atoms with Crippen LogP contribution < -0.4 is 0 Å². The number of aliphatic hydroxyl groups excluding tert-OH is 2. The van der Waals surface area contributed by atoms with E-state index < -0.39 is 51.6 Å². The Labute approximate surface area is 231 Å². The standard InChI is InChI=1S/C24H24ClN5O8P2/c25-24-27-21-18(22(28-24)30-15-7-3-1-5-13(15)14-6-2-4-8-16(14)30)26-11-29(21)23-20(32)19(31)17(38-23)9-10-39(33,34)12-40(35,36)37/h1-8,11,17,19-20,23,31-32H,9-10,12H2,(H,33,34)(H2,35,36,37)/t17-,19?,20+,23-/m1/s1. The molecule has 0 radical (unpaired) electrons. The van der Waals surface area contributed by atoms with Crippen molar-refractivity contribution in [2.24, 2.45) is 0 Å². The van der Waals surface area contributed by atoms with Gasteiger partial charge in [0.15, 0.2) is 23.2 Å². The Hall–Kier alpha value is -2.70. The van der Waals surface area contributed by atoms with Gasteiger partial charge in [-0.25, -0.2) is 4.98 Å². The molecule has 5 atom stereocenters. The smallest absolute Gasteiger partial charge is 0.335 e. The Balaban J connectivity index is 1.38. The molecular formula is C24H24ClN5O8P2. The molecule has 3 aromatic heterocycles. The number of hydrogen-bond acceptors (Lipinski definition) is 8. The number of ether oxygens (including phenoxy) is 1. The normalized spacial score (nSPS) is 23.4. The average molecular weight is 608 g/mol. The van der Waals surface area contributed by atoms with E-state index in [-0.39, 0.29) is 17.4 Å². The van der Waals surface area contributed by atoms with Crippen molar-refractivity contribution >= 4 is 59.5 Å². The fourth-order valence-corrected chi connectivity index (χ4v) is 8.94. The van der Waals surface area contributed by atoms with Crippen LogP contribution >= 0.6 is 26.6 Å². The van der Waals surface area contributed by atoms with E-state index in [9.17, 15) is 24.2 Å². The third-order valence-corrected chi connectivity index (χ3v) is 11.3. The molecule has 0 amide bonds. The molecule has 1 aliphatic rings. The predicted molar refractivity (Wildman–Crippen MR) is 147 cm³/mol. The lowest BCUT2D eigenvalue weighted by molar-refractivity contribution is -0.0354. The summed E-state index contributed by atoms with van der Waals surface area (Å²) in [6, 6.07) is 15.6. The minimum atomic E-state index is -4.72. The van der Waals surface area contributed by atoms with Gasteiger partial charge in [0.05, 0.1) is 23.5 Å². The third-order valence-electron chi connectivity index (χ3n) is 6.95. The number of halogens is 1. The molecule has 1 fully saturated rings. The van der Waals surface area contributed by atoms with E-state index in [2.05, 4.69) is 15.0 Å². The first-order valence-electron chi connectivity index (χ1n) is 12.2. The number of hydrogen-bond donors (Lipinski definition) is 5. The van der Waals surface area contributed by atoms with Crippen molar-refractivity contribution in [3.63, 3.8) is 0 Å². The largest absolute Gasteiger partial charge is 0.388 e. The van der Waals surface area contributed by atoms with Crippen molar-refractivity contribution in [2.45, 2.75) is 31.0 Å². The number of rotatable bonds is 7. The van der Waals surface area contributed by atoms with Gasteiger partial charge in [0, 0.05) is 16.9 Å². The summed E-state index contributed by atoms with van der Waals surface area (Å²) in [7, 11) is -8.93. The first kappa shape index (κ1) is 27.5. The topological polar surface area (TPSA) is 193 Å². The molecule has 2 aromatic carbocycles. The summed E-state index contributed by atoms with van der Waals surface area (Å²) in [4.78, 5) is 41.4. The molecule has 210 valence electrons. The Morgan fingerprint density at radius 3 is 2.17 bits per heavy atom. The Morgan fingerprint density at radius 1 is 0.925 bits per heavy atom. The summed E-state index contributed by atoms with van der Waals surface area (Å²) in [5.74, 6) is -0.781. The van der Waals surface area contributed by atoms with Crippen molar-refractivity contribution in [2.75, 3.05) is 12.1 Å². The van der Waals surface area contributed by atoms with E-state index in [4.69, 9.17) is 26.1 Å². The molecule has 40 heavy (non-hydrogen) atoms. The first-order chi connectivity index (χ1) is 18.9. The van der Waals surface area contributed by atoms with Crippen LogP contribution in [0.3, 0.4) is 0 Å². The predicted octanol–water partition coefficient (Wildman–Crippen LogP) is 2.99.